The second-order valence-electron chi connectivity index (χ2n) is 8.11. The van der Waals surface area contributed by atoms with Crippen LogP contribution in [0, 0.1) is 0 Å². The smallest absolute Gasteiger partial charge is 0.410 e. The number of hydrogen-bond acceptors (Lipinski definition) is 5. The van der Waals surface area contributed by atoms with E-state index >= 15 is 4.39 Å². The topological polar surface area (TPSA) is 84.4 Å². The molecule has 1 aliphatic heterocycles. The van der Waals surface area contributed by atoms with Crippen molar-refractivity contribution in [2.24, 2.45) is 0 Å². The fraction of sp³-hybridized carbons (Fsp3) is 0.364. The summed E-state index contributed by atoms with van der Waals surface area (Å²) in [7, 11) is 0. The maximum absolute atomic E-state index is 15.0. The monoisotopic (exact) mass is 446 g/mol. The van der Waals surface area contributed by atoms with Gasteiger partial charge in [-0.1, -0.05) is 17.7 Å². The highest BCUT2D eigenvalue weighted by molar-refractivity contribution is 6.30. The molecule has 3 heterocycles. The highest BCUT2D eigenvalue weighted by atomic mass is 35.5. The zero-order valence-corrected chi connectivity index (χ0v) is 18.4. The largest absolute Gasteiger partial charge is 0.444 e. The predicted molar refractivity (Wildman–Crippen MR) is 117 cm³/mol. The Hall–Kier alpha value is -3.00. The number of nitrogens with zero attached hydrogens (tertiary/aromatic N) is 3. The van der Waals surface area contributed by atoms with E-state index in [0.717, 1.165) is 0 Å². The van der Waals surface area contributed by atoms with Crippen molar-refractivity contribution in [2.45, 2.75) is 39.2 Å². The molecule has 0 radical (unpaired) electrons. The van der Waals surface area contributed by atoms with Gasteiger partial charge in [-0.15, -0.1) is 0 Å². The summed E-state index contributed by atoms with van der Waals surface area (Å²) < 4.78 is 20.4. The highest BCUT2D eigenvalue weighted by Gasteiger charge is 2.26. The summed E-state index contributed by atoms with van der Waals surface area (Å²) in [5.74, 6) is -0.703. The molecule has 31 heavy (non-hydrogen) atoms. The summed E-state index contributed by atoms with van der Waals surface area (Å²) in [6, 6.07) is 7.77. The summed E-state index contributed by atoms with van der Waals surface area (Å²) in [5.41, 5.74) is 0.303. The van der Waals surface area contributed by atoms with E-state index in [1.54, 1.807) is 49.9 Å². The Kier molecular flexibility index (Phi) is 6.90. The van der Waals surface area contributed by atoms with E-state index in [9.17, 15) is 9.59 Å². The van der Waals surface area contributed by atoms with Crippen molar-refractivity contribution in [3.8, 4) is 0 Å². The number of piperidine rings is 1. The summed E-state index contributed by atoms with van der Waals surface area (Å²) in [6.07, 6.45) is 1.75. The minimum atomic E-state index is -0.575. The summed E-state index contributed by atoms with van der Waals surface area (Å²) >= 11 is 5.78. The lowest BCUT2D eigenvalue weighted by Crippen LogP contribution is -2.40. The predicted octanol–water partition coefficient (Wildman–Crippen LogP) is 5.09. The van der Waals surface area contributed by atoms with E-state index < -0.39 is 23.4 Å². The Morgan fingerprint density at radius 1 is 1.13 bits per heavy atom. The third kappa shape index (κ3) is 6.24. The van der Waals surface area contributed by atoms with E-state index in [0.29, 0.717) is 36.5 Å². The summed E-state index contributed by atoms with van der Waals surface area (Å²) in [5, 5.41) is 3.02. The Morgan fingerprint density at radius 2 is 1.84 bits per heavy atom. The van der Waals surface area contributed by atoms with Crippen molar-refractivity contribution in [1.29, 1.82) is 0 Å². The fourth-order valence-corrected chi connectivity index (χ4v) is 3.12. The van der Waals surface area contributed by atoms with Gasteiger partial charge in [-0.2, -0.15) is 0 Å². The number of anilines is 1. The molecule has 2 amide bonds. The van der Waals surface area contributed by atoms with Crippen molar-refractivity contribution < 1.29 is 18.7 Å². The minimum Gasteiger partial charge on any atom is -0.444 e. The van der Waals surface area contributed by atoms with Crippen LogP contribution >= 0.6 is 11.6 Å². The third-order valence-corrected chi connectivity index (χ3v) is 4.73. The van der Waals surface area contributed by atoms with Crippen molar-refractivity contribution in [3.63, 3.8) is 0 Å². The minimum absolute atomic E-state index is 0.127. The number of carbonyl (C=O) groups excluding carboxylic acids is 2. The van der Waals surface area contributed by atoms with E-state index in [4.69, 9.17) is 16.3 Å². The Balaban J connectivity index is 1.66. The number of likely N-dealkylation sites (tertiary alicyclic amines) is 1. The molecule has 2 aromatic heterocycles. The number of nitrogens with one attached hydrogen (secondary N) is 1. The van der Waals surface area contributed by atoms with Gasteiger partial charge in [0.1, 0.15) is 28.6 Å². The van der Waals surface area contributed by atoms with Crippen molar-refractivity contribution in [2.75, 3.05) is 18.4 Å². The van der Waals surface area contributed by atoms with Crippen molar-refractivity contribution in [1.82, 2.24) is 14.9 Å². The molecule has 0 atom stereocenters. The zero-order chi connectivity index (χ0) is 22.6. The van der Waals surface area contributed by atoms with Crippen LogP contribution in [0.25, 0.3) is 5.83 Å². The molecule has 2 aromatic rings. The van der Waals surface area contributed by atoms with Crippen LogP contribution in [0.5, 0.6) is 0 Å². The average molecular weight is 447 g/mol. The fourth-order valence-electron chi connectivity index (χ4n) is 3.00. The zero-order valence-electron chi connectivity index (χ0n) is 17.6. The molecule has 0 spiro atoms. The van der Waals surface area contributed by atoms with E-state index in [2.05, 4.69) is 15.3 Å². The Morgan fingerprint density at radius 3 is 2.45 bits per heavy atom. The van der Waals surface area contributed by atoms with Crippen LogP contribution in [0.15, 0.2) is 42.1 Å². The average Bonchev–Trinajstić information content (AvgIpc) is 2.73. The van der Waals surface area contributed by atoms with Gasteiger partial charge in [-0.25, -0.2) is 19.2 Å². The molecular weight excluding hydrogens is 423 g/mol. The molecule has 164 valence electrons. The van der Waals surface area contributed by atoms with E-state index in [-0.39, 0.29) is 17.2 Å². The van der Waals surface area contributed by atoms with Gasteiger partial charge in [0.25, 0.3) is 5.91 Å². The van der Waals surface area contributed by atoms with Crippen LogP contribution in [0.1, 0.15) is 49.8 Å². The molecular formula is C22H24ClFN4O3. The van der Waals surface area contributed by atoms with Gasteiger partial charge in [0.2, 0.25) is 0 Å². The summed E-state index contributed by atoms with van der Waals surface area (Å²) in [6.45, 7) is 6.16. The van der Waals surface area contributed by atoms with Gasteiger partial charge in [-0.05, 0) is 63.5 Å². The number of ether oxygens (including phenoxy) is 1. The van der Waals surface area contributed by atoms with Gasteiger partial charge >= 0.3 is 6.09 Å². The second kappa shape index (κ2) is 9.43. The first kappa shape index (κ1) is 22.7. The molecule has 0 unspecified atom stereocenters. The first-order valence-electron chi connectivity index (χ1n) is 9.88. The van der Waals surface area contributed by atoms with Crippen LogP contribution in [0.3, 0.4) is 0 Å². The number of pyridine rings is 2. The molecule has 1 N–H and O–H groups in total. The van der Waals surface area contributed by atoms with Gasteiger partial charge in [0, 0.05) is 19.3 Å². The molecule has 1 saturated heterocycles. The Labute approximate surface area is 185 Å². The number of hydrogen-bond donors (Lipinski definition) is 1. The maximum Gasteiger partial charge on any atom is 0.410 e. The molecule has 1 fully saturated rings. The molecule has 0 aliphatic carbocycles. The van der Waals surface area contributed by atoms with E-state index in [1.807, 2.05) is 0 Å². The number of rotatable bonds is 3. The number of aromatic nitrogens is 2. The van der Waals surface area contributed by atoms with Crippen molar-refractivity contribution >= 4 is 35.2 Å². The maximum atomic E-state index is 15.0. The van der Waals surface area contributed by atoms with Crippen LogP contribution in [-0.4, -0.2) is 45.6 Å². The van der Waals surface area contributed by atoms with Crippen LogP contribution in [-0.2, 0) is 4.74 Å². The molecule has 0 bridgehead atoms. The lowest BCUT2D eigenvalue weighted by Gasteiger charge is -2.31. The molecule has 7 nitrogen and oxygen atoms in total. The third-order valence-electron chi connectivity index (χ3n) is 4.50. The van der Waals surface area contributed by atoms with Crippen molar-refractivity contribution in [3.05, 3.63) is 58.5 Å². The van der Waals surface area contributed by atoms with Gasteiger partial charge < -0.3 is 15.0 Å². The summed E-state index contributed by atoms with van der Waals surface area (Å²) in [4.78, 5) is 34.2. The highest BCUT2D eigenvalue weighted by Crippen LogP contribution is 2.28. The van der Waals surface area contributed by atoms with Crippen LogP contribution in [0.4, 0.5) is 15.0 Å². The number of carbonyl (C=O) groups is 2. The SMILES string of the molecule is CC(C)(C)OC(=O)N1CCC(=C(F)c2cccc(NC(=O)c3ccc(Cl)cn3)n2)CC1. The van der Waals surface area contributed by atoms with Gasteiger partial charge in [0.05, 0.1) is 5.02 Å². The van der Waals surface area contributed by atoms with E-state index in [1.165, 1.54) is 12.3 Å². The number of halogens is 2. The molecule has 1 aliphatic rings. The standard InChI is InChI=1S/C22H24ClFN4O3/c1-22(2,3)31-21(30)28-11-9-14(10-12-28)19(24)16-5-4-6-18(26-16)27-20(29)17-8-7-15(23)13-25-17/h4-8,13H,9-12H2,1-3H3,(H,26,27,29). The number of amides is 2. The molecule has 9 heteroatoms. The second-order valence-corrected chi connectivity index (χ2v) is 8.55. The Bertz CT molecular complexity index is 993. The lowest BCUT2D eigenvalue weighted by molar-refractivity contribution is 0.0236. The molecule has 0 saturated carbocycles. The van der Waals surface area contributed by atoms with Gasteiger partial charge in [0.15, 0.2) is 0 Å². The first-order valence-corrected chi connectivity index (χ1v) is 10.3. The first-order chi connectivity index (χ1) is 14.6. The quantitative estimate of drug-likeness (QED) is 0.709. The van der Waals surface area contributed by atoms with Gasteiger partial charge in [-0.3, -0.25) is 4.79 Å². The van der Waals surface area contributed by atoms with Crippen LogP contribution in [0.2, 0.25) is 5.02 Å². The molecule has 3 rings (SSSR count). The lowest BCUT2D eigenvalue weighted by atomic mass is 10.0. The normalized spacial score (nSPS) is 14.2. The molecule has 0 aromatic carbocycles. The van der Waals surface area contributed by atoms with Crippen LogP contribution < -0.4 is 5.32 Å².